The lowest BCUT2D eigenvalue weighted by Gasteiger charge is -2.22. The molecule has 0 radical (unpaired) electrons. The molecule has 0 aliphatic carbocycles. The van der Waals surface area contributed by atoms with Crippen LogP contribution in [0.2, 0.25) is 0 Å². The SMILES string of the molecule is CNCC(Oc1cccc(C)c1F)C(C)C. The third kappa shape index (κ3) is 3.20. The molecule has 1 atom stereocenters. The molecule has 0 aliphatic heterocycles. The van der Waals surface area contributed by atoms with E-state index in [4.69, 9.17) is 4.74 Å². The Balaban J connectivity index is 2.81. The number of hydrogen-bond acceptors (Lipinski definition) is 2. The van der Waals surface area contributed by atoms with E-state index in [-0.39, 0.29) is 11.9 Å². The molecule has 0 aliphatic rings. The molecule has 0 spiro atoms. The van der Waals surface area contributed by atoms with Crippen molar-refractivity contribution in [1.82, 2.24) is 5.32 Å². The molecule has 90 valence electrons. The Labute approximate surface area is 96.8 Å². The zero-order valence-corrected chi connectivity index (χ0v) is 10.4. The fourth-order valence-corrected chi connectivity index (χ4v) is 1.49. The predicted molar refractivity (Wildman–Crippen MR) is 64.3 cm³/mol. The summed E-state index contributed by atoms with van der Waals surface area (Å²) in [5.41, 5.74) is 0.615. The molecule has 0 amide bonds. The van der Waals surface area contributed by atoms with Crippen LogP contribution in [0.5, 0.6) is 5.75 Å². The van der Waals surface area contributed by atoms with Crippen LogP contribution in [0, 0.1) is 18.7 Å². The normalized spacial score (nSPS) is 12.9. The van der Waals surface area contributed by atoms with Crippen molar-refractivity contribution < 1.29 is 9.13 Å². The Morgan fingerprint density at radius 2 is 2.06 bits per heavy atom. The van der Waals surface area contributed by atoms with Gasteiger partial charge in [-0.2, -0.15) is 0 Å². The number of ether oxygens (including phenoxy) is 1. The van der Waals surface area contributed by atoms with Gasteiger partial charge >= 0.3 is 0 Å². The Morgan fingerprint density at radius 1 is 1.38 bits per heavy atom. The largest absolute Gasteiger partial charge is 0.486 e. The fourth-order valence-electron chi connectivity index (χ4n) is 1.49. The third-order valence-electron chi connectivity index (χ3n) is 2.58. The van der Waals surface area contributed by atoms with Crippen LogP contribution in [0.3, 0.4) is 0 Å². The van der Waals surface area contributed by atoms with Gasteiger partial charge in [-0.15, -0.1) is 0 Å². The predicted octanol–water partition coefficient (Wildman–Crippen LogP) is 2.76. The number of nitrogens with one attached hydrogen (secondary N) is 1. The molecule has 16 heavy (non-hydrogen) atoms. The van der Waals surface area contributed by atoms with Crippen LogP contribution < -0.4 is 10.1 Å². The van der Waals surface area contributed by atoms with Gasteiger partial charge in [0.15, 0.2) is 11.6 Å². The van der Waals surface area contributed by atoms with Gasteiger partial charge in [0.2, 0.25) is 0 Å². The average molecular weight is 225 g/mol. The van der Waals surface area contributed by atoms with E-state index in [1.807, 2.05) is 13.1 Å². The van der Waals surface area contributed by atoms with Gasteiger partial charge in [-0.3, -0.25) is 0 Å². The summed E-state index contributed by atoms with van der Waals surface area (Å²) >= 11 is 0. The molecule has 1 aromatic carbocycles. The molecule has 0 saturated carbocycles. The van der Waals surface area contributed by atoms with Crippen LogP contribution in [-0.4, -0.2) is 19.7 Å². The van der Waals surface area contributed by atoms with Gasteiger partial charge in [-0.05, 0) is 31.5 Å². The van der Waals surface area contributed by atoms with E-state index in [9.17, 15) is 4.39 Å². The van der Waals surface area contributed by atoms with E-state index in [2.05, 4.69) is 19.2 Å². The molecule has 2 nitrogen and oxygen atoms in total. The van der Waals surface area contributed by atoms with Crippen LogP contribution in [0.25, 0.3) is 0 Å². The number of rotatable bonds is 5. The van der Waals surface area contributed by atoms with Gasteiger partial charge in [0.05, 0.1) is 0 Å². The first-order chi connectivity index (χ1) is 7.56. The van der Waals surface area contributed by atoms with E-state index >= 15 is 0 Å². The second-order valence-electron chi connectivity index (χ2n) is 4.35. The van der Waals surface area contributed by atoms with Crippen LogP contribution in [-0.2, 0) is 0 Å². The summed E-state index contributed by atoms with van der Waals surface area (Å²) in [6.07, 6.45) is -0.0127. The molecule has 0 aromatic heterocycles. The molecule has 1 rings (SSSR count). The number of aryl methyl sites for hydroxylation is 1. The number of benzene rings is 1. The van der Waals surface area contributed by atoms with E-state index in [0.29, 0.717) is 23.8 Å². The van der Waals surface area contributed by atoms with Crippen molar-refractivity contribution in [1.29, 1.82) is 0 Å². The lowest BCUT2D eigenvalue weighted by molar-refractivity contribution is 0.145. The van der Waals surface area contributed by atoms with Crippen molar-refractivity contribution in [2.24, 2.45) is 5.92 Å². The standard InChI is InChI=1S/C13H20FNO/c1-9(2)12(8-15-4)16-11-7-5-6-10(3)13(11)14/h5-7,9,12,15H,8H2,1-4H3. The molecular weight excluding hydrogens is 205 g/mol. The maximum atomic E-state index is 13.7. The second kappa shape index (κ2) is 5.85. The highest BCUT2D eigenvalue weighted by Gasteiger charge is 2.16. The zero-order valence-electron chi connectivity index (χ0n) is 10.4. The molecule has 0 bridgehead atoms. The van der Waals surface area contributed by atoms with Crippen molar-refractivity contribution in [2.45, 2.75) is 26.9 Å². The van der Waals surface area contributed by atoms with Crippen LogP contribution in [0.15, 0.2) is 18.2 Å². The first-order valence-corrected chi connectivity index (χ1v) is 5.62. The molecule has 1 N–H and O–H groups in total. The van der Waals surface area contributed by atoms with Crippen molar-refractivity contribution in [3.63, 3.8) is 0 Å². The topological polar surface area (TPSA) is 21.3 Å². The maximum Gasteiger partial charge on any atom is 0.167 e. The molecule has 1 aromatic rings. The Morgan fingerprint density at radius 3 is 2.62 bits per heavy atom. The lowest BCUT2D eigenvalue weighted by atomic mass is 10.1. The van der Waals surface area contributed by atoms with Crippen LogP contribution >= 0.6 is 0 Å². The summed E-state index contributed by atoms with van der Waals surface area (Å²) < 4.78 is 19.4. The van der Waals surface area contributed by atoms with E-state index in [0.717, 1.165) is 0 Å². The van der Waals surface area contributed by atoms with Crippen LogP contribution in [0.4, 0.5) is 4.39 Å². The van der Waals surface area contributed by atoms with Crippen LogP contribution in [0.1, 0.15) is 19.4 Å². The second-order valence-corrected chi connectivity index (χ2v) is 4.35. The van der Waals surface area contributed by atoms with Crippen molar-refractivity contribution in [2.75, 3.05) is 13.6 Å². The Kier molecular flexibility index (Phi) is 4.74. The van der Waals surface area contributed by atoms with E-state index in [1.54, 1.807) is 19.1 Å². The van der Waals surface area contributed by atoms with Crippen molar-refractivity contribution in [3.8, 4) is 5.75 Å². The van der Waals surface area contributed by atoms with Crippen molar-refractivity contribution >= 4 is 0 Å². The van der Waals surface area contributed by atoms with E-state index < -0.39 is 0 Å². The first-order valence-electron chi connectivity index (χ1n) is 5.62. The van der Waals surface area contributed by atoms with Gasteiger partial charge in [-0.1, -0.05) is 26.0 Å². The first kappa shape index (κ1) is 13.0. The summed E-state index contributed by atoms with van der Waals surface area (Å²) in [5, 5.41) is 3.06. The van der Waals surface area contributed by atoms with Gasteiger partial charge in [0.25, 0.3) is 0 Å². The third-order valence-corrected chi connectivity index (χ3v) is 2.58. The number of likely N-dealkylation sites (N-methyl/N-ethyl adjacent to an activating group) is 1. The highest BCUT2D eigenvalue weighted by molar-refractivity contribution is 5.30. The lowest BCUT2D eigenvalue weighted by Crippen LogP contribution is -2.34. The quantitative estimate of drug-likeness (QED) is 0.832. The molecule has 0 fully saturated rings. The zero-order chi connectivity index (χ0) is 12.1. The van der Waals surface area contributed by atoms with Gasteiger partial charge in [-0.25, -0.2) is 4.39 Å². The molecule has 3 heteroatoms. The highest BCUT2D eigenvalue weighted by Crippen LogP contribution is 2.22. The molecule has 0 saturated heterocycles. The van der Waals surface area contributed by atoms with Crippen molar-refractivity contribution in [3.05, 3.63) is 29.6 Å². The summed E-state index contributed by atoms with van der Waals surface area (Å²) in [6, 6.07) is 5.22. The minimum absolute atomic E-state index is 0.0127. The highest BCUT2D eigenvalue weighted by atomic mass is 19.1. The molecular formula is C13H20FNO. The Bertz CT molecular complexity index is 339. The number of halogens is 1. The van der Waals surface area contributed by atoms with Gasteiger partial charge in [0.1, 0.15) is 6.10 Å². The Hall–Kier alpha value is -1.09. The summed E-state index contributed by atoms with van der Waals surface area (Å²) in [4.78, 5) is 0. The minimum atomic E-state index is -0.260. The van der Waals surface area contributed by atoms with Gasteiger partial charge < -0.3 is 10.1 Å². The minimum Gasteiger partial charge on any atom is -0.486 e. The molecule has 1 unspecified atom stereocenters. The summed E-state index contributed by atoms with van der Waals surface area (Å²) in [6.45, 7) is 6.58. The van der Waals surface area contributed by atoms with E-state index in [1.165, 1.54) is 0 Å². The summed E-state index contributed by atoms with van der Waals surface area (Å²) in [7, 11) is 1.87. The van der Waals surface area contributed by atoms with Gasteiger partial charge in [0, 0.05) is 6.54 Å². The monoisotopic (exact) mass is 225 g/mol. The fraction of sp³-hybridized carbons (Fsp3) is 0.538. The average Bonchev–Trinajstić information content (AvgIpc) is 2.23. The maximum absolute atomic E-state index is 13.7. The molecule has 0 heterocycles. The number of hydrogen-bond donors (Lipinski definition) is 1. The smallest absolute Gasteiger partial charge is 0.167 e. The summed E-state index contributed by atoms with van der Waals surface area (Å²) in [5.74, 6) is 0.422.